The van der Waals surface area contributed by atoms with Gasteiger partial charge in [0.15, 0.2) is 0 Å². The maximum atomic E-state index is 13.1. The van der Waals surface area contributed by atoms with Crippen molar-refractivity contribution >= 4 is 11.4 Å². The number of nitrogens with one attached hydrogen (secondary N) is 1. The summed E-state index contributed by atoms with van der Waals surface area (Å²) in [5.74, 6) is -0.496. The van der Waals surface area contributed by atoms with Gasteiger partial charge in [-0.1, -0.05) is 12.8 Å². The normalized spacial score (nSPS) is 15.6. The van der Waals surface area contributed by atoms with Gasteiger partial charge in [0, 0.05) is 18.7 Å². The molecular formula is C13H17FN2O3. The van der Waals surface area contributed by atoms with Gasteiger partial charge in [0.25, 0.3) is 5.69 Å². The lowest BCUT2D eigenvalue weighted by Gasteiger charge is -2.12. The third-order valence-electron chi connectivity index (χ3n) is 3.23. The van der Waals surface area contributed by atoms with Gasteiger partial charge in [0.05, 0.1) is 17.6 Å². The second kappa shape index (κ2) is 6.47. The third kappa shape index (κ3) is 3.89. The molecule has 1 aromatic carbocycles. The fourth-order valence-electron chi connectivity index (χ4n) is 2.28. The summed E-state index contributed by atoms with van der Waals surface area (Å²) in [4.78, 5) is 10.3. The number of ether oxygens (including phenoxy) is 1. The van der Waals surface area contributed by atoms with Crippen LogP contribution in [0.15, 0.2) is 18.2 Å². The maximum absolute atomic E-state index is 13.1. The summed E-state index contributed by atoms with van der Waals surface area (Å²) in [5, 5.41) is 13.6. The van der Waals surface area contributed by atoms with E-state index in [2.05, 4.69) is 5.32 Å². The first-order valence-electron chi connectivity index (χ1n) is 6.46. The fraction of sp³-hybridized carbons (Fsp3) is 0.538. The van der Waals surface area contributed by atoms with E-state index in [-0.39, 0.29) is 11.4 Å². The zero-order valence-electron chi connectivity index (χ0n) is 10.6. The average Bonchev–Trinajstić information content (AvgIpc) is 2.87. The number of anilines is 1. The molecule has 1 N–H and O–H groups in total. The number of hydrogen-bond acceptors (Lipinski definition) is 4. The van der Waals surface area contributed by atoms with E-state index in [1.54, 1.807) is 0 Å². The Morgan fingerprint density at radius 1 is 1.42 bits per heavy atom. The molecule has 0 spiro atoms. The van der Waals surface area contributed by atoms with E-state index >= 15 is 0 Å². The summed E-state index contributed by atoms with van der Waals surface area (Å²) in [6.07, 6.45) is 4.88. The van der Waals surface area contributed by atoms with Gasteiger partial charge in [-0.3, -0.25) is 10.1 Å². The number of nitro benzene ring substituents is 1. The molecule has 104 valence electrons. The Balaban J connectivity index is 1.84. The van der Waals surface area contributed by atoms with E-state index < -0.39 is 10.7 Å². The van der Waals surface area contributed by atoms with Crippen molar-refractivity contribution in [1.29, 1.82) is 0 Å². The number of benzene rings is 1. The van der Waals surface area contributed by atoms with Gasteiger partial charge in [0.2, 0.25) is 0 Å². The Morgan fingerprint density at radius 3 is 2.84 bits per heavy atom. The summed E-state index contributed by atoms with van der Waals surface area (Å²) < 4.78 is 18.7. The van der Waals surface area contributed by atoms with E-state index in [1.807, 2.05) is 0 Å². The minimum atomic E-state index is -0.528. The Bertz CT molecular complexity index is 448. The minimum Gasteiger partial charge on any atom is -0.377 e. The lowest BCUT2D eigenvalue weighted by atomic mass is 10.2. The summed E-state index contributed by atoms with van der Waals surface area (Å²) in [5.41, 5.74) is 0.0716. The molecule has 0 amide bonds. The molecule has 0 unspecified atom stereocenters. The van der Waals surface area contributed by atoms with E-state index in [9.17, 15) is 14.5 Å². The largest absolute Gasteiger partial charge is 0.377 e. The van der Waals surface area contributed by atoms with E-state index in [0.717, 1.165) is 31.0 Å². The van der Waals surface area contributed by atoms with Crippen LogP contribution in [0.4, 0.5) is 15.8 Å². The zero-order valence-corrected chi connectivity index (χ0v) is 10.6. The lowest BCUT2D eigenvalue weighted by Crippen LogP contribution is -2.16. The van der Waals surface area contributed by atoms with Crippen LogP contribution >= 0.6 is 0 Å². The molecule has 0 saturated heterocycles. The van der Waals surface area contributed by atoms with E-state index in [1.165, 1.54) is 12.8 Å². The molecule has 0 radical (unpaired) electrons. The van der Waals surface area contributed by atoms with Gasteiger partial charge in [-0.25, -0.2) is 4.39 Å². The van der Waals surface area contributed by atoms with Crippen molar-refractivity contribution in [1.82, 2.24) is 0 Å². The molecule has 2 rings (SSSR count). The molecule has 0 heterocycles. The molecule has 0 aromatic heterocycles. The smallest absolute Gasteiger partial charge is 0.292 e. The van der Waals surface area contributed by atoms with Crippen LogP contribution in [0.2, 0.25) is 0 Å². The van der Waals surface area contributed by atoms with Crippen molar-refractivity contribution in [2.75, 3.05) is 18.5 Å². The van der Waals surface area contributed by atoms with E-state index in [0.29, 0.717) is 19.3 Å². The monoisotopic (exact) mass is 268 g/mol. The van der Waals surface area contributed by atoms with Crippen LogP contribution in [0.5, 0.6) is 0 Å². The number of halogens is 1. The Kier molecular flexibility index (Phi) is 4.68. The SMILES string of the molecule is O=[N+]([O-])c1ccc(F)cc1NCCOC1CCCC1. The summed E-state index contributed by atoms with van der Waals surface area (Å²) >= 11 is 0. The number of rotatable bonds is 6. The molecule has 1 aliphatic rings. The molecule has 0 bridgehead atoms. The third-order valence-corrected chi connectivity index (χ3v) is 3.23. The fourth-order valence-corrected chi connectivity index (χ4v) is 2.28. The zero-order chi connectivity index (χ0) is 13.7. The van der Waals surface area contributed by atoms with Crippen LogP contribution in [-0.4, -0.2) is 24.2 Å². The molecular weight excluding hydrogens is 251 g/mol. The van der Waals surface area contributed by atoms with Crippen molar-refractivity contribution in [2.24, 2.45) is 0 Å². The molecule has 19 heavy (non-hydrogen) atoms. The maximum Gasteiger partial charge on any atom is 0.292 e. The van der Waals surface area contributed by atoms with Crippen molar-refractivity contribution < 1.29 is 14.1 Å². The first kappa shape index (κ1) is 13.7. The molecule has 1 aliphatic carbocycles. The lowest BCUT2D eigenvalue weighted by molar-refractivity contribution is -0.384. The predicted molar refractivity (Wildman–Crippen MR) is 69.8 cm³/mol. The number of nitro groups is 1. The van der Waals surface area contributed by atoms with Crippen LogP contribution in [0, 0.1) is 15.9 Å². The Hall–Kier alpha value is -1.69. The van der Waals surface area contributed by atoms with Gasteiger partial charge >= 0.3 is 0 Å². The van der Waals surface area contributed by atoms with Gasteiger partial charge in [-0.05, 0) is 18.9 Å². The number of hydrogen-bond donors (Lipinski definition) is 1. The highest BCUT2D eigenvalue weighted by Crippen LogP contribution is 2.25. The molecule has 0 atom stereocenters. The van der Waals surface area contributed by atoms with Crippen LogP contribution in [0.1, 0.15) is 25.7 Å². The average molecular weight is 268 g/mol. The molecule has 6 heteroatoms. The van der Waals surface area contributed by atoms with Crippen LogP contribution in [0.3, 0.4) is 0 Å². The van der Waals surface area contributed by atoms with Crippen molar-refractivity contribution in [3.63, 3.8) is 0 Å². The highest BCUT2D eigenvalue weighted by Gasteiger charge is 2.16. The summed E-state index contributed by atoms with van der Waals surface area (Å²) in [6.45, 7) is 0.902. The van der Waals surface area contributed by atoms with Crippen LogP contribution < -0.4 is 5.32 Å². The van der Waals surface area contributed by atoms with Gasteiger partial charge in [-0.2, -0.15) is 0 Å². The topological polar surface area (TPSA) is 64.4 Å². The van der Waals surface area contributed by atoms with Crippen molar-refractivity contribution in [3.05, 3.63) is 34.1 Å². The highest BCUT2D eigenvalue weighted by molar-refractivity contribution is 5.61. The molecule has 1 fully saturated rings. The minimum absolute atomic E-state index is 0.123. The predicted octanol–water partition coefficient (Wildman–Crippen LogP) is 3.11. The second-order valence-electron chi connectivity index (χ2n) is 4.62. The molecule has 1 aromatic rings. The Labute approximate surface area is 110 Å². The van der Waals surface area contributed by atoms with Crippen LogP contribution in [0.25, 0.3) is 0 Å². The van der Waals surface area contributed by atoms with Gasteiger partial charge in [0.1, 0.15) is 11.5 Å². The quantitative estimate of drug-likeness (QED) is 0.489. The second-order valence-corrected chi connectivity index (χ2v) is 4.62. The van der Waals surface area contributed by atoms with Gasteiger partial charge in [-0.15, -0.1) is 0 Å². The standard InChI is InChI=1S/C13H17FN2O3/c14-10-5-6-13(16(17)18)12(9-10)15-7-8-19-11-3-1-2-4-11/h5-6,9,11,15H,1-4,7-8H2. The van der Waals surface area contributed by atoms with Crippen LogP contribution in [-0.2, 0) is 4.74 Å². The van der Waals surface area contributed by atoms with Crippen molar-refractivity contribution in [3.8, 4) is 0 Å². The van der Waals surface area contributed by atoms with Gasteiger partial charge < -0.3 is 10.1 Å². The number of nitrogens with zero attached hydrogens (tertiary/aromatic N) is 1. The molecule has 1 saturated carbocycles. The molecule has 0 aliphatic heterocycles. The highest BCUT2D eigenvalue weighted by atomic mass is 19.1. The first-order chi connectivity index (χ1) is 9.16. The van der Waals surface area contributed by atoms with Crippen molar-refractivity contribution in [2.45, 2.75) is 31.8 Å². The van der Waals surface area contributed by atoms with E-state index in [4.69, 9.17) is 4.74 Å². The Morgan fingerprint density at radius 2 is 2.16 bits per heavy atom. The summed E-state index contributed by atoms with van der Waals surface area (Å²) in [6, 6.07) is 3.38. The summed E-state index contributed by atoms with van der Waals surface area (Å²) in [7, 11) is 0. The molecule has 5 nitrogen and oxygen atoms in total. The first-order valence-corrected chi connectivity index (χ1v) is 6.46.